The molecule has 0 unspecified atom stereocenters. The van der Waals surface area contributed by atoms with E-state index in [0.29, 0.717) is 11.6 Å². The Bertz CT molecular complexity index is 955. The van der Waals surface area contributed by atoms with Crippen LogP contribution in [0.1, 0.15) is 18.4 Å². The lowest BCUT2D eigenvalue weighted by Crippen LogP contribution is -2.41. The highest BCUT2D eigenvalue weighted by Gasteiger charge is 2.27. The number of hydrogen-bond donors (Lipinski definition) is 1. The van der Waals surface area contributed by atoms with Crippen molar-refractivity contribution in [2.24, 2.45) is 5.92 Å². The molecule has 1 atom stereocenters. The van der Waals surface area contributed by atoms with E-state index in [0.717, 1.165) is 36.5 Å². The van der Waals surface area contributed by atoms with Crippen LogP contribution in [0.25, 0.3) is 10.1 Å². The van der Waals surface area contributed by atoms with Crippen molar-refractivity contribution in [1.82, 2.24) is 4.98 Å². The number of thiophene rings is 1. The highest BCUT2D eigenvalue weighted by molar-refractivity contribution is 7.17. The van der Waals surface area contributed by atoms with Gasteiger partial charge in [0.25, 0.3) is 0 Å². The van der Waals surface area contributed by atoms with Gasteiger partial charge in [0, 0.05) is 40.1 Å². The average Bonchev–Trinajstić information content (AvgIpc) is 3.13. The lowest BCUT2D eigenvalue weighted by molar-refractivity contribution is -0.120. The maximum Gasteiger partial charge on any atom is 0.229 e. The van der Waals surface area contributed by atoms with Gasteiger partial charge in [0.2, 0.25) is 5.91 Å². The minimum atomic E-state index is -0.0467. The van der Waals surface area contributed by atoms with E-state index in [1.54, 1.807) is 17.4 Å². The molecule has 1 aliphatic heterocycles. The van der Waals surface area contributed by atoms with Crippen LogP contribution in [0.3, 0.4) is 0 Å². The molecule has 26 heavy (non-hydrogen) atoms. The first-order chi connectivity index (χ1) is 12.6. The number of nitrogens with one attached hydrogen (secondary N) is 1. The summed E-state index contributed by atoms with van der Waals surface area (Å²) in [6.45, 7) is 3.59. The number of halogens is 1. The molecule has 0 saturated carbocycles. The summed E-state index contributed by atoms with van der Waals surface area (Å²) in [6.07, 6.45) is 3.74. The second-order valence-corrected chi connectivity index (χ2v) is 8.08. The van der Waals surface area contributed by atoms with Crippen molar-refractivity contribution in [3.63, 3.8) is 0 Å². The molecule has 134 valence electrons. The molecule has 6 heteroatoms. The molecule has 1 saturated heterocycles. The lowest BCUT2D eigenvalue weighted by atomic mass is 9.96. The summed E-state index contributed by atoms with van der Waals surface area (Å²) < 4.78 is 1.23. The number of hydrogen-bond acceptors (Lipinski definition) is 4. The summed E-state index contributed by atoms with van der Waals surface area (Å²) in [5, 5.41) is 7.01. The van der Waals surface area contributed by atoms with Crippen molar-refractivity contribution in [3.8, 4) is 0 Å². The van der Waals surface area contributed by atoms with Crippen LogP contribution in [0.15, 0.2) is 41.9 Å². The van der Waals surface area contributed by atoms with Gasteiger partial charge in [0.1, 0.15) is 5.82 Å². The number of carbonyl (C=O) groups excluding carboxylic acids is 1. The summed E-state index contributed by atoms with van der Waals surface area (Å²) in [7, 11) is 0. The highest BCUT2D eigenvalue weighted by atomic mass is 35.5. The van der Waals surface area contributed by atoms with E-state index in [1.165, 1.54) is 10.1 Å². The minimum absolute atomic E-state index is 0.0467. The molecule has 1 fully saturated rings. The van der Waals surface area contributed by atoms with Gasteiger partial charge in [-0.2, -0.15) is 0 Å². The largest absolute Gasteiger partial charge is 0.355 e. The second kappa shape index (κ2) is 7.25. The van der Waals surface area contributed by atoms with Crippen LogP contribution >= 0.6 is 22.9 Å². The molecule has 1 aromatic carbocycles. The monoisotopic (exact) mass is 385 g/mol. The molecule has 0 bridgehead atoms. The number of fused-ring (bicyclic) bond motifs is 1. The first-order valence-electron chi connectivity index (χ1n) is 8.76. The van der Waals surface area contributed by atoms with E-state index in [4.69, 9.17) is 11.6 Å². The van der Waals surface area contributed by atoms with Gasteiger partial charge in [-0.05, 0) is 61.0 Å². The van der Waals surface area contributed by atoms with E-state index in [1.807, 2.05) is 31.3 Å². The van der Waals surface area contributed by atoms with Crippen molar-refractivity contribution in [2.75, 3.05) is 23.3 Å². The van der Waals surface area contributed by atoms with Crippen molar-refractivity contribution < 1.29 is 4.79 Å². The second-order valence-electron chi connectivity index (χ2n) is 6.70. The lowest BCUT2D eigenvalue weighted by Gasteiger charge is -2.33. The molecule has 4 rings (SSSR count). The molecule has 3 aromatic rings. The Morgan fingerprint density at radius 1 is 1.35 bits per heavy atom. The highest BCUT2D eigenvalue weighted by Crippen LogP contribution is 2.31. The Morgan fingerprint density at radius 2 is 2.23 bits per heavy atom. The van der Waals surface area contributed by atoms with Crippen LogP contribution in [0.5, 0.6) is 0 Å². The Kier molecular flexibility index (Phi) is 4.83. The number of amides is 1. The number of anilines is 2. The van der Waals surface area contributed by atoms with E-state index >= 15 is 0 Å². The summed E-state index contributed by atoms with van der Waals surface area (Å²) in [6, 6.07) is 9.69. The quantitative estimate of drug-likeness (QED) is 0.681. The van der Waals surface area contributed by atoms with Crippen molar-refractivity contribution in [2.45, 2.75) is 19.8 Å². The van der Waals surface area contributed by atoms with Gasteiger partial charge in [-0.15, -0.1) is 11.3 Å². The van der Waals surface area contributed by atoms with Crippen molar-refractivity contribution in [3.05, 3.63) is 52.5 Å². The van der Waals surface area contributed by atoms with Gasteiger partial charge in [-0.1, -0.05) is 11.6 Å². The topological polar surface area (TPSA) is 45.2 Å². The molecule has 4 nitrogen and oxygen atoms in total. The fourth-order valence-corrected chi connectivity index (χ4v) is 4.52. The summed E-state index contributed by atoms with van der Waals surface area (Å²) in [4.78, 5) is 19.6. The normalized spacial score (nSPS) is 17.5. The molecule has 0 spiro atoms. The van der Waals surface area contributed by atoms with Crippen LogP contribution in [0, 0.1) is 12.8 Å². The molecule has 1 aliphatic rings. The zero-order valence-electron chi connectivity index (χ0n) is 14.5. The molecular formula is C20H20ClN3OS. The van der Waals surface area contributed by atoms with Gasteiger partial charge in [0.05, 0.1) is 5.92 Å². The molecule has 0 aliphatic carbocycles. The maximum atomic E-state index is 12.8. The van der Waals surface area contributed by atoms with Gasteiger partial charge in [0.15, 0.2) is 0 Å². The SMILES string of the molecule is Cc1cc(Cl)ccc1NC(=O)[C@@H]1CCCN(c2nccc3sccc23)C1. The summed E-state index contributed by atoms with van der Waals surface area (Å²) in [5.74, 6) is 1.01. The number of piperidine rings is 1. The average molecular weight is 386 g/mol. The van der Waals surface area contributed by atoms with Gasteiger partial charge < -0.3 is 10.2 Å². The summed E-state index contributed by atoms with van der Waals surface area (Å²) in [5.41, 5.74) is 1.80. The third-order valence-corrected chi connectivity index (χ3v) is 6.01. The predicted octanol–water partition coefficient (Wildman–Crippen LogP) is 5.11. The number of nitrogens with zero attached hydrogens (tertiary/aromatic N) is 2. The van der Waals surface area contributed by atoms with Gasteiger partial charge in [-0.3, -0.25) is 4.79 Å². The zero-order valence-corrected chi connectivity index (χ0v) is 16.1. The first kappa shape index (κ1) is 17.3. The molecule has 1 N–H and O–H groups in total. The number of pyridine rings is 1. The van der Waals surface area contributed by atoms with Crippen LogP contribution in [0.4, 0.5) is 11.5 Å². The number of benzene rings is 1. The standard InChI is InChI=1S/C20H20ClN3OS/c1-13-11-15(21)4-5-17(13)23-20(25)14-3-2-9-24(12-14)19-16-7-10-26-18(16)6-8-22-19/h4-8,10-11,14H,2-3,9,12H2,1H3,(H,23,25)/t14-/m1/s1. The Balaban J connectivity index is 1.51. The van der Waals surface area contributed by atoms with Crippen LogP contribution in [0.2, 0.25) is 5.02 Å². The maximum absolute atomic E-state index is 12.8. The Labute approximate surface area is 161 Å². The molecule has 0 radical (unpaired) electrons. The van der Waals surface area contributed by atoms with E-state index in [-0.39, 0.29) is 11.8 Å². The third-order valence-electron chi connectivity index (χ3n) is 4.90. The van der Waals surface area contributed by atoms with Crippen LogP contribution < -0.4 is 10.2 Å². The molecule has 2 aromatic heterocycles. The van der Waals surface area contributed by atoms with Gasteiger partial charge in [-0.25, -0.2) is 4.98 Å². The number of aromatic nitrogens is 1. The minimum Gasteiger partial charge on any atom is -0.355 e. The van der Waals surface area contributed by atoms with E-state index in [2.05, 4.69) is 26.6 Å². The van der Waals surface area contributed by atoms with Crippen LogP contribution in [-0.2, 0) is 4.79 Å². The van der Waals surface area contributed by atoms with Crippen LogP contribution in [-0.4, -0.2) is 24.0 Å². The zero-order chi connectivity index (χ0) is 18.1. The van der Waals surface area contributed by atoms with Crippen molar-refractivity contribution in [1.29, 1.82) is 0 Å². The molecule has 3 heterocycles. The third kappa shape index (κ3) is 3.41. The molecule has 1 amide bonds. The fraction of sp³-hybridized carbons (Fsp3) is 0.300. The Hall–Kier alpha value is -2.11. The number of rotatable bonds is 3. The first-order valence-corrected chi connectivity index (χ1v) is 10.0. The molecular weight excluding hydrogens is 366 g/mol. The Morgan fingerprint density at radius 3 is 3.08 bits per heavy atom. The number of aryl methyl sites for hydroxylation is 1. The fourth-order valence-electron chi connectivity index (χ4n) is 3.52. The van der Waals surface area contributed by atoms with E-state index in [9.17, 15) is 4.79 Å². The summed E-state index contributed by atoms with van der Waals surface area (Å²) >= 11 is 7.72. The van der Waals surface area contributed by atoms with E-state index < -0.39 is 0 Å². The van der Waals surface area contributed by atoms with Crippen molar-refractivity contribution >= 4 is 50.4 Å². The van der Waals surface area contributed by atoms with Gasteiger partial charge >= 0.3 is 0 Å². The number of carbonyl (C=O) groups is 1. The smallest absolute Gasteiger partial charge is 0.229 e. The predicted molar refractivity (Wildman–Crippen MR) is 109 cm³/mol.